The molecule has 132 valence electrons. The maximum absolute atomic E-state index is 12.6. The van der Waals surface area contributed by atoms with E-state index in [0.717, 1.165) is 23.3 Å². The first-order valence-corrected chi connectivity index (χ1v) is 10.4. The number of fused-ring (bicyclic) bond motifs is 2. The molecule has 1 saturated carbocycles. The summed E-state index contributed by atoms with van der Waals surface area (Å²) in [5, 5.41) is 0. The number of hydrogen-bond acceptors (Lipinski definition) is 3. The summed E-state index contributed by atoms with van der Waals surface area (Å²) in [6.45, 7) is 0.536. The number of nitrogens with zero attached hydrogens (tertiary/aromatic N) is 1. The van der Waals surface area contributed by atoms with Gasteiger partial charge in [0.1, 0.15) is 0 Å². The number of methoxy groups -OCH3 is 1. The van der Waals surface area contributed by atoms with Gasteiger partial charge in [0.15, 0.2) is 0 Å². The summed E-state index contributed by atoms with van der Waals surface area (Å²) in [6, 6.07) is 0.852. The van der Waals surface area contributed by atoms with Crippen molar-refractivity contribution in [2.75, 3.05) is 20.3 Å². The van der Waals surface area contributed by atoms with Crippen molar-refractivity contribution >= 4 is 28.6 Å². The van der Waals surface area contributed by atoms with E-state index < -0.39 is 0 Å². The smallest absolute Gasteiger partial charge is 0.310 e. The number of rotatable bonds is 5. The minimum absolute atomic E-state index is 0.00845. The molecular formula is C18H29FINO2. The Labute approximate surface area is 152 Å². The average Bonchev–Trinajstić information content (AvgIpc) is 2.84. The molecular weight excluding hydrogens is 408 g/mol. The lowest BCUT2D eigenvalue weighted by Crippen LogP contribution is -2.53. The van der Waals surface area contributed by atoms with Gasteiger partial charge in [-0.05, 0) is 63.2 Å². The molecule has 3 aliphatic rings. The molecule has 4 atom stereocenters. The molecule has 2 aliphatic heterocycles. The monoisotopic (exact) mass is 437 g/mol. The molecule has 3 fully saturated rings. The van der Waals surface area contributed by atoms with Crippen LogP contribution in [0.3, 0.4) is 0 Å². The number of esters is 1. The predicted molar refractivity (Wildman–Crippen MR) is 97.5 cm³/mol. The summed E-state index contributed by atoms with van der Waals surface area (Å²) in [7, 11) is 1.52. The second-order valence-corrected chi connectivity index (χ2v) is 9.30. The largest absolute Gasteiger partial charge is 0.469 e. The molecule has 0 aromatic heterocycles. The van der Waals surface area contributed by atoms with Crippen LogP contribution in [0.5, 0.6) is 0 Å². The lowest BCUT2D eigenvalue weighted by molar-refractivity contribution is -0.154. The van der Waals surface area contributed by atoms with Gasteiger partial charge in [0.05, 0.1) is 19.7 Å². The first-order valence-electron chi connectivity index (χ1n) is 9.19. The van der Waals surface area contributed by atoms with Gasteiger partial charge in [-0.15, -0.1) is 0 Å². The third kappa shape index (κ3) is 3.70. The molecule has 0 radical (unpaired) electrons. The van der Waals surface area contributed by atoms with Crippen molar-refractivity contribution in [1.82, 2.24) is 4.90 Å². The summed E-state index contributed by atoms with van der Waals surface area (Å²) >= 11 is 2.57. The summed E-state index contributed by atoms with van der Waals surface area (Å²) in [4.78, 5) is 15.0. The third-order valence-electron chi connectivity index (χ3n) is 6.44. The Hall–Kier alpha value is 0.0900. The van der Waals surface area contributed by atoms with Crippen molar-refractivity contribution in [2.45, 2.75) is 67.4 Å². The number of piperidine rings is 1. The normalized spacial score (nSPS) is 41.0. The molecule has 0 amide bonds. The number of halogens is 2. The number of ether oxygens (including phenoxy) is 1. The van der Waals surface area contributed by atoms with E-state index in [1.807, 2.05) is 0 Å². The fraction of sp³-hybridized carbons (Fsp3) is 0.944. The third-order valence-corrected chi connectivity index (χ3v) is 7.69. The highest BCUT2D eigenvalue weighted by Crippen LogP contribution is 2.49. The number of carbonyl (C=O) groups excluding carboxylic acids is 1. The highest BCUT2D eigenvalue weighted by atomic mass is 127. The molecule has 1 aliphatic carbocycles. The van der Waals surface area contributed by atoms with Gasteiger partial charge in [0, 0.05) is 22.6 Å². The zero-order valence-electron chi connectivity index (χ0n) is 14.1. The Balaban J connectivity index is 1.76. The summed E-state index contributed by atoms with van der Waals surface area (Å²) in [5.74, 6) is 1.14. The van der Waals surface area contributed by atoms with E-state index in [0.29, 0.717) is 24.3 Å². The fourth-order valence-electron chi connectivity index (χ4n) is 5.40. The Morgan fingerprint density at radius 3 is 2.61 bits per heavy atom. The van der Waals surface area contributed by atoms with Crippen LogP contribution < -0.4 is 0 Å². The van der Waals surface area contributed by atoms with Crippen LogP contribution in [-0.4, -0.2) is 47.2 Å². The van der Waals surface area contributed by atoms with Crippen LogP contribution in [0, 0.1) is 17.8 Å². The van der Waals surface area contributed by atoms with E-state index in [1.165, 1.54) is 39.2 Å². The van der Waals surface area contributed by atoms with E-state index in [2.05, 4.69) is 27.5 Å². The van der Waals surface area contributed by atoms with Crippen molar-refractivity contribution in [3.63, 3.8) is 0 Å². The van der Waals surface area contributed by atoms with Gasteiger partial charge in [-0.2, -0.15) is 0 Å². The maximum Gasteiger partial charge on any atom is 0.310 e. The van der Waals surface area contributed by atoms with Crippen molar-refractivity contribution < 1.29 is 13.9 Å². The molecule has 0 aromatic carbocycles. The second-order valence-electron chi connectivity index (χ2n) is 7.54. The van der Waals surface area contributed by atoms with Crippen molar-refractivity contribution in [3.05, 3.63) is 0 Å². The number of alkyl halides is 2. The number of carbonyl (C=O) groups is 1. The molecule has 2 bridgehead atoms. The van der Waals surface area contributed by atoms with Gasteiger partial charge >= 0.3 is 5.97 Å². The van der Waals surface area contributed by atoms with Gasteiger partial charge in [-0.25, -0.2) is 0 Å². The lowest BCUT2D eigenvalue weighted by atomic mass is 9.68. The van der Waals surface area contributed by atoms with Crippen molar-refractivity contribution in [2.24, 2.45) is 17.8 Å². The molecule has 0 spiro atoms. The van der Waals surface area contributed by atoms with Crippen LogP contribution in [0.4, 0.5) is 4.39 Å². The second kappa shape index (κ2) is 7.98. The van der Waals surface area contributed by atoms with Crippen LogP contribution >= 0.6 is 22.6 Å². The van der Waals surface area contributed by atoms with Crippen molar-refractivity contribution in [3.8, 4) is 0 Å². The SMILES string of the molecule is COC(=O)C1C2CC[C@H](C[C@@H]1C1CCC(I)CC1)N2CCCF. The molecule has 0 N–H and O–H groups in total. The van der Waals surface area contributed by atoms with Crippen LogP contribution in [0.1, 0.15) is 51.4 Å². The summed E-state index contributed by atoms with van der Waals surface area (Å²) in [6.07, 6.45) is 9.04. The zero-order valence-corrected chi connectivity index (χ0v) is 16.2. The van der Waals surface area contributed by atoms with Crippen LogP contribution in [-0.2, 0) is 9.53 Å². The summed E-state index contributed by atoms with van der Waals surface area (Å²) < 4.78 is 18.6. The Bertz CT molecular complexity index is 414. The first kappa shape index (κ1) is 17.9. The van der Waals surface area contributed by atoms with E-state index in [-0.39, 0.29) is 24.6 Å². The van der Waals surface area contributed by atoms with E-state index >= 15 is 0 Å². The first-order chi connectivity index (χ1) is 11.2. The van der Waals surface area contributed by atoms with Gasteiger partial charge in [-0.1, -0.05) is 22.6 Å². The van der Waals surface area contributed by atoms with Gasteiger partial charge in [0.2, 0.25) is 0 Å². The van der Waals surface area contributed by atoms with E-state index in [4.69, 9.17) is 4.74 Å². The summed E-state index contributed by atoms with van der Waals surface area (Å²) in [5.41, 5.74) is 0. The van der Waals surface area contributed by atoms with Crippen LogP contribution in [0.25, 0.3) is 0 Å². The average molecular weight is 437 g/mol. The highest BCUT2D eigenvalue weighted by Gasteiger charge is 2.52. The predicted octanol–water partition coefficient (Wildman–Crippen LogP) is 3.98. The molecule has 5 heteroatoms. The van der Waals surface area contributed by atoms with Crippen LogP contribution in [0.15, 0.2) is 0 Å². The van der Waals surface area contributed by atoms with Crippen molar-refractivity contribution in [1.29, 1.82) is 0 Å². The fourth-order valence-corrected chi connectivity index (χ4v) is 6.12. The van der Waals surface area contributed by atoms with Crippen LogP contribution in [0.2, 0.25) is 0 Å². The quantitative estimate of drug-likeness (QED) is 0.370. The highest BCUT2D eigenvalue weighted by molar-refractivity contribution is 14.1. The molecule has 23 heavy (non-hydrogen) atoms. The molecule has 0 aromatic rings. The zero-order chi connectivity index (χ0) is 16.4. The maximum atomic E-state index is 12.6. The van der Waals surface area contributed by atoms with Gasteiger partial charge < -0.3 is 4.74 Å². The minimum atomic E-state index is -0.262. The standard InChI is InChI=1S/C18H29FINO2/c1-23-18(22)17-15(12-3-5-13(20)6-4-12)11-14-7-8-16(17)21(14)10-2-9-19/h12-17H,2-11H2,1H3/t12?,13?,14-,15-,16?,17?/m1/s1. The topological polar surface area (TPSA) is 29.5 Å². The number of hydrogen-bond donors (Lipinski definition) is 0. The van der Waals surface area contributed by atoms with Gasteiger partial charge in [0.25, 0.3) is 0 Å². The van der Waals surface area contributed by atoms with E-state index in [9.17, 15) is 9.18 Å². The molecule has 2 heterocycles. The Morgan fingerprint density at radius 2 is 1.96 bits per heavy atom. The molecule has 2 saturated heterocycles. The Morgan fingerprint density at radius 1 is 1.22 bits per heavy atom. The molecule has 3 nitrogen and oxygen atoms in total. The Kier molecular flexibility index (Phi) is 6.21. The van der Waals surface area contributed by atoms with E-state index in [1.54, 1.807) is 0 Å². The lowest BCUT2D eigenvalue weighted by Gasteiger charge is -2.47. The minimum Gasteiger partial charge on any atom is -0.469 e. The molecule has 3 rings (SSSR count). The molecule has 2 unspecified atom stereocenters. The van der Waals surface area contributed by atoms with Gasteiger partial charge in [-0.3, -0.25) is 14.1 Å².